The zero-order valence-electron chi connectivity index (χ0n) is 27.4. The molecule has 0 unspecified atom stereocenters. The molecule has 0 saturated carbocycles. The molecule has 52 heavy (non-hydrogen) atoms. The van der Waals surface area contributed by atoms with Crippen molar-refractivity contribution in [2.24, 2.45) is 5.92 Å². The van der Waals surface area contributed by atoms with Crippen molar-refractivity contribution in [3.63, 3.8) is 0 Å². The van der Waals surface area contributed by atoms with Crippen LogP contribution >= 0.6 is 7.26 Å². The van der Waals surface area contributed by atoms with E-state index in [0.717, 1.165) is 15.9 Å². The molecule has 12 heteroatoms. The first-order valence-corrected chi connectivity index (χ1v) is 18.8. The quantitative estimate of drug-likeness (QED) is 0.0407. The third-order valence-electron chi connectivity index (χ3n) is 11.1. The van der Waals surface area contributed by atoms with Crippen molar-refractivity contribution in [2.75, 3.05) is 0 Å². The van der Waals surface area contributed by atoms with Crippen molar-refractivity contribution in [3.8, 4) is 0 Å². The van der Waals surface area contributed by atoms with Gasteiger partial charge in [0, 0.05) is 5.92 Å². The van der Waals surface area contributed by atoms with Crippen LogP contribution in [0.25, 0.3) is 0 Å². The molecule has 0 aromatic heterocycles. The van der Waals surface area contributed by atoms with E-state index >= 15 is 35.1 Å². The second-order valence-corrected chi connectivity index (χ2v) is 17.3. The molecule has 0 spiro atoms. The zero-order valence-corrected chi connectivity index (χ0v) is 28.3. The van der Waals surface area contributed by atoms with Gasteiger partial charge in [-0.25, -0.2) is 43.9 Å². The lowest BCUT2D eigenvalue weighted by Crippen LogP contribution is -2.68. The minimum Gasteiger partial charge on any atom is -0.207 e. The molecule has 0 N–H and O–H groups in total. The van der Waals surface area contributed by atoms with E-state index in [1.807, 2.05) is 36.4 Å². The Morgan fingerprint density at radius 1 is 0.462 bits per heavy atom. The number of rotatable bonds is 6. The Bertz CT molecular complexity index is 1950. The Balaban J connectivity index is 1.69. The fourth-order valence-corrected chi connectivity index (χ4v) is 14.6. The Hall–Kier alpha value is -4.37. The third-order valence-corrected chi connectivity index (χ3v) is 16.0. The smallest absolute Gasteiger partial charge is 0.200 e. The Labute approximate surface area is 294 Å². The first kappa shape index (κ1) is 36.0. The van der Waals surface area contributed by atoms with Gasteiger partial charge < -0.3 is 0 Å². The molecule has 5 aromatic rings. The predicted octanol–water partition coefficient (Wildman–Crippen LogP) is 9.13. The van der Waals surface area contributed by atoms with Crippen LogP contribution in [-0.4, -0.2) is 11.8 Å². The van der Waals surface area contributed by atoms with E-state index in [4.69, 9.17) is 0 Å². The molecule has 0 bridgehead atoms. The van der Waals surface area contributed by atoms with Gasteiger partial charge in [0.2, 0.25) is 0 Å². The second-order valence-electron chi connectivity index (χ2n) is 13.6. The minimum absolute atomic E-state index is 0.409. The molecule has 268 valence electrons. The molecule has 1 heterocycles. The summed E-state index contributed by atoms with van der Waals surface area (Å²) >= 11 is 0. The van der Waals surface area contributed by atoms with Crippen LogP contribution in [0.15, 0.2) is 103 Å². The first-order valence-electron chi connectivity index (χ1n) is 16.9. The van der Waals surface area contributed by atoms with Gasteiger partial charge in [-0.2, -0.15) is 0 Å². The van der Waals surface area contributed by atoms with E-state index in [1.165, 1.54) is 0 Å². The summed E-state index contributed by atoms with van der Waals surface area (Å²) in [6, 6.07) is 27.2. The maximum absolute atomic E-state index is 16.3. The van der Waals surface area contributed by atoms with Gasteiger partial charge in [0.15, 0.2) is 34.9 Å². The molecule has 5 aromatic carbocycles. The van der Waals surface area contributed by atoms with Gasteiger partial charge in [0.25, 0.3) is 0 Å². The van der Waals surface area contributed by atoms with Crippen LogP contribution < -0.4 is 26.8 Å². The number of hydrogen-bond donors (Lipinski definition) is 0. The Kier molecular flexibility index (Phi) is 9.62. The molecule has 1 fully saturated rings. The topological polar surface area (TPSA) is 0 Å². The van der Waals surface area contributed by atoms with Gasteiger partial charge in [-0.05, 0) is 55.7 Å². The van der Waals surface area contributed by atoms with E-state index in [9.17, 15) is 8.78 Å². The summed E-state index contributed by atoms with van der Waals surface area (Å²) in [6.07, 6.45) is -1.42. The van der Waals surface area contributed by atoms with E-state index in [2.05, 4.69) is 0 Å². The Morgan fingerprint density at radius 3 is 1.21 bits per heavy atom. The summed E-state index contributed by atoms with van der Waals surface area (Å²) < 4.78 is 156. The summed E-state index contributed by atoms with van der Waals surface area (Å²) in [5.74, 6) is -24.6. The van der Waals surface area contributed by atoms with Gasteiger partial charge in [0.05, 0.1) is 11.8 Å². The molecule has 2 aliphatic rings. The summed E-state index contributed by atoms with van der Waals surface area (Å²) in [4.78, 5) is 0. The molecule has 0 nitrogen and oxygen atoms in total. The van der Waals surface area contributed by atoms with Gasteiger partial charge >= 0.3 is 0 Å². The lowest BCUT2D eigenvalue weighted by molar-refractivity contribution is 0.381. The molecule has 2 atom stereocenters. The van der Waals surface area contributed by atoms with Crippen LogP contribution in [0.4, 0.5) is 43.9 Å². The van der Waals surface area contributed by atoms with Crippen molar-refractivity contribution >= 4 is 40.2 Å². The maximum atomic E-state index is 16.3. The molecule has 1 aliphatic carbocycles. The van der Waals surface area contributed by atoms with Gasteiger partial charge in [-0.1, -0.05) is 67.1 Å². The fraction of sp³-hybridized carbons (Fsp3) is 0.200. The highest BCUT2D eigenvalue weighted by Gasteiger charge is 2.60. The first-order chi connectivity index (χ1) is 25.0. The average Bonchev–Trinajstić information content (AvgIpc) is 3.42. The number of halogens is 10. The van der Waals surface area contributed by atoms with E-state index in [1.54, 1.807) is 60.7 Å². The van der Waals surface area contributed by atoms with Crippen LogP contribution in [-0.2, 0) is 0 Å². The molecular formula is C40H30BF10P. The summed E-state index contributed by atoms with van der Waals surface area (Å²) in [7, 11) is -3.22. The molecule has 1 aliphatic heterocycles. The summed E-state index contributed by atoms with van der Waals surface area (Å²) in [5, 5.41) is 2.22. The predicted molar refractivity (Wildman–Crippen MR) is 186 cm³/mol. The second kappa shape index (κ2) is 13.9. The van der Waals surface area contributed by atoms with Crippen molar-refractivity contribution in [2.45, 2.75) is 44.0 Å². The van der Waals surface area contributed by atoms with Gasteiger partial charge in [-0.15, -0.1) is 29.1 Å². The van der Waals surface area contributed by atoms with Gasteiger partial charge in [0.1, 0.15) is 46.4 Å². The van der Waals surface area contributed by atoms with Crippen molar-refractivity contribution < 1.29 is 43.9 Å². The van der Waals surface area contributed by atoms with Crippen LogP contribution in [0.2, 0.25) is 12.6 Å². The average molecular weight is 742 g/mol. The highest BCUT2D eigenvalue weighted by molar-refractivity contribution is 7.96. The SMILES string of the molecule is Fc1c(F)c(F)c([B-]2(c3c(F)c(F)c(F)c(F)c3F)CC3=CCCCC[C@@H]3[C@@H]([P+](c3ccccc3)(c3ccccc3)c3ccccc3)C2)c(F)c1F. The van der Waals surface area contributed by atoms with Crippen LogP contribution in [0.3, 0.4) is 0 Å². The fourth-order valence-electron chi connectivity index (χ4n) is 9.11. The van der Waals surface area contributed by atoms with Crippen molar-refractivity contribution in [1.82, 2.24) is 0 Å². The number of benzene rings is 5. The van der Waals surface area contributed by atoms with E-state index in [-0.39, 0.29) is 0 Å². The number of hydrogen-bond acceptors (Lipinski definition) is 0. The highest BCUT2D eigenvalue weighted by atomic mass is 31.2. The number of fused-ring (bicyclic) bond motifs is 1. The van der Waals surface area contributed by atoms with Crippen LogP contribution in [0.1, 0.15) is 25.7 Å². The summed E-state index contributed by atoms with van der Waals surface area (Å²) in [6.45, 7) is 0. The molecule has 0 radical (unpaired) electrons. The third kappa shape index (κ3) is 5.41. The Morgan fingerprint density at radius 2 is 0.827 bits per heavy atom. The van der Waals surface area contributed by atoms with E-state index in [0.29, 0.717) is 31.3 Å². The van der Waals surface area contributed by atoms with E-state index < -0.39 is 107 Å². The van der Waals surface area contributed by atoms with Crippen molar-refractivity contribution in [3.05, 3.63) is 161 Å². The lowest BCUT2D eigenvalue weighted by atomic mass is 9.12. The van der Waals surface area contributed by atoms with Gasteiger partial charge in [-0.3, -0.25) is 0 Å². The standard InChI is InChI=1S/C40H30BF10P/c42-31-29(32(43)36(47)39(50)35(31)46)41(30-33(44)37(48)40(51)38(49)34(30)45)21-23-13-5-1-12-20-27(23)28(22-41)52(24-14-6-2-7-15-24,25-16-8-3-9-17-25)26-18-10-4-11-19-26/h2-4,6-11,13-19,27-28H,1,5,12,20-22H2/t27-,28-/m0/s1. The zero-order chi connectivity index (χ0) is 36.9. The minimum atomic E-state index is -4.02. The molecule has 1 saturated heterocycles. The largest absolute Gasteiger partial charge is 0.207 e. The normalized spacial score (nSPS) is 18.8. The molecule has 0 amide bonds. The monoisotopic (exact) mass is 742 g/mol. The van der Waals surface area contributed by atoms with Crippen LogP contribution in [0.5, 0.6) is 0 Å². The maximum Gasteiger partial charge on any atom is 0.200 e. The lowest BCUT2D eigenvalue weighted by Gasteiger charge is -2.54. The van der Waals surface area contributed by atoms with Crippen LogP contribution in [0, 0.1) is 64.1 Å². The number of allylic oxidation sites excluding steroid dienone is 2. The highest BCUT2D eigenvalue weighted by Crippen LogP contribution is 2.67. The molecule has 7 rings (SSSR count). The molecular weight excluding hydrogens is 712 g/mol. The summed E-state index contributed by atoms with van der Waals surface area (Å²) in [5.41, 5.74) is -3.64. The van der Waals surface area contributed by atoms with Crippen molar-refractivity contribution in [1.29, 1.82) is 0 Å².